The van der Waals surface area contributed by atoms with Gasteiger partial charge < -0.3 is 5.73 Å². The van der Waals surface area contributed by atoms with Crippen LogP contribution in [0.15, 0.2) is 47.7 Å². The van der Waals surface area contributed by atoms with Gasteiger partial charge in [0.05, 0.1) is 12.2 Å². The van der Waals surface area contributed by atoms with Crippen molar-refractivity contribution in [3.05, 3.63) is 48.3 Å². The Morgan fingerprint density at radius 2 is 2.18 bits per heavy atom. The quantitative estimate of drug-likeness (QED) is 0.303. The van der Waals surface area contributed by atoms with Crippen molar-refractivity contribution in [3.63, 3.8) is 0 Å². The van der Waals surface area contributed by atoms with Crippen LogP contribution >= 0.6 is 0 Å². The van der Waals surface area contributed by atoms with Crippen LogP contribution in [0.25, 0.3) is 5.69 Å². The molecule has 88 valence electrons. The molecule has 6 nitrogen and oxygen atoms in total. The number of rotatable bonds is 3. The lowest BCUT2D eigenvalue weighted by molar-refractivity contribution is 0.855. The van der Waals surface area contributed by atoms with Crippen LogP contribution in [0.4, 0.5) is 0 Å². The third kappa shape index (κ3) is 2.61. The monoisotopic (exact) mass is 230 g/mol. The third-order valence-electron chi connectivity index (χ3n) is 2.31. The van der Waals surface area contributed by atoms with Crippen molar-refractivity contribution >= 4 is 5.96 Å². The fourth-order valence-corrected chi connectivity index (χ4v) is 1.50. The van der Waals surface area contributed by atoms with E-state index < -0.39 is 0 Å². The van der Waals surface area contributed by atoms with Crippen molar-refractivity contribution in [1.29, 1.82) is 0 Å². The van der Waals surface area contributed by atoms with E-state index in [1.54, 1.807) is 10.9 Å². The topological polar surface area (TPSA) is 94.2 Å². The summed E-state index contributed by atoms with van der Waals surface area (Å²) in [7, 11) is 0. The zero-order valence-corrected chi connectivity index (χ0v) is 9.24. The average molecular weight is 230 g/mol. The van der Waals surface area contributed by atoms with Crippen molar-refractivity contribution in [2.24, 2.45) is 16.6 Å². The van der Waals surface area contributed by atoms with Gasteiger partial charge in [-0.2, -0.15) is 5.10 Å². The van der Waals surface area contributed by atoms with Crippen LogP contribution in [-0.2, 0) is 6.54 Å². The Bertz CT molecular complexity index is 502. The van der Waals surface area contributed by atoms with E-state index in [2.05, 4.69) is 15.5 Å². The maximum atomic E-state index is 5.48. The van der Waals surface area contributed by atoms with Crippen LogP contribution in [0.3, 0.4) is 0 Å². The molecular weight excluding hydrogens is 216 g/mol. The van der Waals surface area contributed by atoms with Crippen molar-refractivity contribution in [1.82, 2.24) is 15.2 Å². The largest absolute Gasteiger partial charge is 0.369 e. The minimum atomic E-state index is 0.209. The second-order valence-electron chi connectivity index (χ2n) is 3.43. The van der Waals surface area contributed by atoms with Crippen molar-refractivity contribution in [2.75, 3.05) is 0 Å². The number of hydrazine groups is 1. The number of hydrogen-bond acceptors (Lipinski definition) is 3. The Morgan fingerprint density at radius 1 is 1.35 bits per heavy atom. The molecule has 0 radical (unpaired) electrons. The number of aliphatic imine (C=N–C) groups is 1. The maximum Gasteiger partial charge on any atom is 0.203 e. The predicted octanol–water partition coefficient (Wildman–Crippen LogP) is 0.150. The number of para-hydroxylation sites is 1. The molecule has 0 aliphatic rings. The molecule has 0 atom stereocenters. The first-order chi connectivity index (χ1) is 8.31. The lowest BCUT2D eigenvalue weighted by Gasteiger charge is -2.07. The van der Waals surface area contributed by atoms with Crippen LogP contribution in [0.1, 0.15) is 5.56 Å². The molecule has 5 N–H and O–H groups in total. The highest BCUT2D eigenvalue weighted by atomic mass is 15.3. The number of hydrogen-bond donors (Lipinski definition) is 3. The fraction of sp³-hybridized carbons (Fsp3) is 0.0909. The van der Waals surface area contributed by atoms with Crippen LogP contribution in [0.5, 0.6) is 0 Å². The number of nitrogens with zero attached hydrogens (tertiary/aromatic N) is 3. The lowest BCUT2D eigenvalue weighted by atomic mass is 10.2. The highest BCUT2D eigenvalue weighted by Gasteiger charge is 2.03. The molecule has 1 aromatic heterocycles. The summed E-state index contributed by atoms with van der Waals surface area (Å²) in [6.45, 7) is 0.450. The lowest BCUT2D eigenvalue weighted by Crippen LogP contribution is -2.37. The van der Waals surface area contributed by atoms with Crippen molar-refractivity contribution < 1.29 is 0 Å². The summed E-state index contributed by atoms with van der Waals surface area (Å²) >= 11 is 0. The van der Waals surface area contributed by atoms with Gasteiger partial charge in [-0.05, 0) is 17.7 Å². The zero-order chi connectivity index (χ0) is 12.1. The molecule has 0 spiro atoms. The Kier molecular flexibility index (Phi) is 3.37. The number of guanidine groups is 1. The zero-order valence-electron chi connectivity index (χ0n) is 9.24. The van der Waals surface area contributed by atoms with E-state index in [-0.39, 0.29) is 5.96 Å². The van der Waals surface area contributed by atoms with Gasteiger partial charge in [-0.3, -0.25) is 5.43 Å². The summed E-state index contributed by atoms with van der Waals surface area (Å²) in [5, 5.41) is 4.19. The molecule has 2 rings (SSSR count). The molecule has 1 heterocycles. The minimum Gasteiger partial charge on any atom is -0.369 e. The van der Waals surface area contributed by atoms with E-state index in [9.17, 15) is 0 Å². The normalized spacial score (nSPS) is 11.5. The van der Waals surface area contributed by atoms with Crippen molar-refractivity contribution in [3.8, 4) is 5.69 Å². The SMILES string of the molecule is NNC(N)=NCc1ccccc1-n1cccn1. The highest BCUT2D eigenvalue weighted by Crippen LogP contribution is 2.14. The molecule has 0 aliphatic heterocycles. The van der Waals surface area contributed by atoms with Crippen LogP contribution < -0.4 is 17.0 Å². The summed E-state index contributed by atoms with van der Waals surface area (Å²) < 4.78 is 1.79. The molecule has 2 aromatic rings. The molecule has 1 aromatic carbocycles. The molecule has 17 heavy (non-hydrogen) atoms. The average Bonchev–Trinajstić information content (AvgIpc) is 2.90. The van der Waals surface area contributed by atoms with Crippen LogP contribution in [0, 0.1) is 0 Å². The summed E-state index contributed by atoms with van der Waals surface area (Å²) in [6.07, 6.45) is 3.61. The Morgan fingerprint density at radius 3 is 2.88 bits per heavy atom. The molecule has 0 unspecified atom stereocenters. The smallest absolute Gasteiger partial charge is 0.203 e. The summed E-state index contributed by atoms with van der Waals surface area (Å²) in [6, 6.07) is 9.72. The Hall–Kier alpha value is -2.34. The molecular formula is C11H14N6. The molecule has 0 fully saturated rings. The number of benzene rings is 1. The molecule has 0 saturated carbocycles. The predicted molar refractivity (Wildman–Crippen MR) is 66.2 cm³/mol. The molecule has 0 aliphatic carbocycles. The number of aromatic nitrogens is 2. The molecule has 0 bridgehead atoms. The Labute approximate surface area is 98.9 Å². The summed E-state index contributed by atoms with van der Waals surface area (Å²) in [5.41, 5.74) is 9.78. The van der Waals surface area contributed by atoms with Gasteiger partial charge in [0.1, 0.15) is 0 Å². The standard InChI is InChI=1S/C11H14N6/c12-11(16-13)14-8-9-4-1-2-5-10(9)17-7-3-6-15-17/h1-7H,8,13H2,(H3,12,14,16). The Balaban J connectivity index is 2.29. The highest BCUT2D eigenvalue weighted by molar-refractivity contribution is 5.77. The molecule has 6 heteroatoms. The second-order valence-corrected chi connectivity index (χ2v) is 3.43. The van der Waals surface area contributed by atoms with Gasteiger partial charge in [0.15, 0.2) is 0 Å². The third-order valence-corrected chi connectivity index (χ3v) is 2.31. The number of nitrogens with two attached hydrogens (primary N) is 2. The molecule has 0 amide bonds. The van der Waals surface area contributed by atoms with Gasteiger partial charge in [0.25, 0.3) is 0 Å². The van der Waals surface area contributed by atoms with Gasteiger partial charge in [-0.15, -0.1) is 0 Å². The first-order valence-corrected chi connectivity index (χ1v) is 5.15. The summed E-state index contributed by atoms with van der Waals surface area (Å²) in [4.78, 5) is 4.10. The van der Waals surface area contributed by atoms with Gasteiger partial charge in [0, 0.05) is 12.4 Å². The fourth-order valence-electron chi connectivity index (χ4n) is 1.50. The second kappa shape index (κ2) is 5.13. The first kappa shape index (κ1) is 11.2. The van der Waals surface area contributed by atoms with Crippen LogP contribution in [-0.4, -0.2) is 15.7 Å². The van der Waals surface area contributed by atoms with E-state index in [1.165, 1.54) is 0 Å². The van der Waals surface area contributed by atoms with E-state index in [4.69, 9.17) is 11.6 Å². The van der Waals surface area contributed by atoms with Crippen LogP contribution in [0.2, 0.25) is 0 Å². The minimum absolute atomic E-state index is 0.209. The summed E-state index contributed by atoms with van der Waals surface area (Å²) in [5.74, 6) is 5.35. The van der Waals surface area contributed by atoms with Gasteiger partial charge in [-0.25, -0.2) is 15.5 Å². The van der Waals surface area contributed by atoms with Crippen molar-refractivity contribution in [2.45, 2.75) is 6.54 Å². The van der Waals surface area contributed by atoms with Gasteiger partial charge in [-0.1, -0.05) is 18.2 Å². The van der Waals surface area contributed by atoms with E-state index in [0.717, 1.165) is 11.3 Å². The van der Waals surface area contributed by atoms with E-state index >= 15 is 0 Å². The van der Waals surface area contributed by atoms with E-state index in [0.29, 0.717) is 6.54 Å². The number of nitrogens with one attached hydrogen (secondary N) is 1. The van der Waals surface area contributed by atoms with E-state index in [1.807, 2.05) is 36.5 Å². The maximum absolute atomic E-state index is 5.48. The van der Waals surface area contributed by atoms with Gasteiger partial charge in [0.2, 0.25) is 5.96 Å². The van der Waals surface area contributed by atoms with Gasteiger partial charge >= 0.3 is 0 Å². The molecule has 0 saturated heterocycles. The first-order valence-electron chi connectivity index (χ1n) is 5.15.